The molecule has 1 heterocycles. The van der Waals surface area contributed by atoms with E-state index in [4.69, 9.17) is 9.84 Å². The molecule has 4 nitrogen and oxygen atoms in total. The molecule has 0 fully saturated rings. The van der Waals surface area contributed by atoms with Crippen LogP contribution in [-0.2, 0) is 22.0 Å². The minimum absolute atomic E-state index is 0.0148. The second kappa shape index (κ2) is 5.08. The smallest absolute Gasteiger partial charge is 0.426 e. The van der Waals surface area contributed by atoms with Crippen LogP contribution in [-0.4, -0.2) is 33.8 Å². The monoisotopic (exact) mass is 308 g/mol. The highest BCUT2D eigenvalue weighted by Crippen LogP contribution is 2.39. The van der Waals surface area contributed by atoms with Gasteiger partial charge in [0.05, 0.1) is 0 Å². The summed E-state index contributed by atoms with van der Waals surface area (Å²) in [6.07, 6.45) is -6.00. The van der Waals surface area contributed by atoms with Crippen LogP contribution in [0.1, 0.15) is 5.56 Å². The fraction of sp³-hybridized carbons (Fsp3) is 0.417. The van der Waals surface area contributed by atoms with E-state index < -0.39 is 35.0 Å². The van der Waals surface area contributed by atoms with E-state index in [1.165, 1.54) is 24.5 Å². The van der Waals surface area contributed by atoms with Gasteiger partial charge in [-0.25, -0.2) is 0 Å². The number of alkyl halides is 3. The Morgan fingerprint density at radius 3 is 2.60 bits per heavy atom. The molecule has 0 saturated heterocycles. The van der Waals surface area contributed by atoms with Gasteiger partial charge in [0, 0.05) is 22.0 Å². The van der Waals surface area contributed by atoms with Gasteiger partial charge in [0.1, 0.15) is 11.7 Å². The van der Waals surface area contributed by atoms with Crippen molar-refractivity contribution in [2.24, 2.45) is 5.92 Å². The van der Waals surface area contributed by atoms with Crippen molar-refractivity contribution in [3.05, 3.63) is 23.8 Å². The number of benzene rings is 1. The van der Waals surface area contributed by atoms with Gasteiger partial charge in [-0.15, -0.1) is 0 Å². The lowest BCUT2D eigenvalue weighted by molar-refractivity contribution is -0.217. The minimum atomic E-state index is -4.76. The molecule has 3 atom stereocenters. The molecule has 3 unspecified atom stereocenters. The van der Waals surface area contributed by atoms with Crippen molar-refractivity contribution in [1.82, 2.24) is 0 Å². The number of hydrogen-bond acceptors (Lipinski definition) is 3. The molecular formula is C12H11F3O4S. The van der Waals surface area contributed by atoms with E-state index in [1.54, 1.807) is 0 Å². The van der Waals surface area contributed by atoms with Crippen molar-refractivity contribution in [2.75, 3.05) is 6.26 Å². The van der Waals surface area contributed by atoms with Crippen LogP contribution < -0.4 is 4.74 Å². The van der Waals surface area contributed by atoms with Crippen molar-refractivity contribution in [3.63, 3.8) is 0 Å². The molecule has 0 spiro atoms. The summed E-state index contributed by atoms with van der Waals surface area (Å²) >= 11 is 0. The number of ether oxygens (including phenoxy) is 1. The largest absolute Gasteiger partial charge is 0.481 e. The molecule has 0 bridgehead atoms. The van der Waals surface area contributed by atoms with Crippen LogP contribution in [0.25, 0.3) is 0 Å². The van der Waals surface area contributed by atoms with Gasteiger partial charge >= 0.3 is 12.1 Å². The average molecular weight is 308 g/mol. The topological polar surface area (TPSA) is 63.6 Å². The maximum Gasteiger partial charge on any atom is 0.426 e. The Balaban J connectivity index is 2.42. The fourth-order valence-electron chi connectivity index (χ4n) is 2.08. The highest BCUT2D eigenvalue weighted by molar-refractivity contribution is 7.84. The summed E-state index contributed by atoms with van der Waals surface area (Å²) in [5.74, 6) is -3.29. The molecule has 1 aliphatic rings. The Hall–Kier alpha value is -1.57. The first-order valence-electron chi connectivity index (χ1n) is 5.62. The van der Waals surface area contributed by atoms with Gasteiger partial charge in [-0.3, -0.25) is 9.00 Å². The highest BCUT2D eigenvalue weighted by atomic mass is 32.2. The average Bonchev–Trinajstić information content (AvgIpc) is 2.35. The summed E-state index contributed by atoms with van der Waals surface area (Å²) in [6, 6.07) is 4.13. The van der Waals surface area contributed by atoms with Crippen molar-refractivity contribution in [1.29, 1.82) is 0 Å². The van der Waals surface area contributed by atoms with E-state index in [-0.39, 0.29) is 12.2 Å². The Kier molecular flexibility index (Phi) is 3.77. The quantitative estimate of drug-likeness (QED) is 0.907. The minimum Gasteiger partial charge on any atom is -0.481 e. The van der Waals surface area contributed by atoms with Crippen LogP contribution in [0.4, 0.5) is 13.2 Å². The Morgan fingerprint density at radius 2 is 2.10 bits per heavy atom. The fourth-order valence-corrected chi connectivity index (χ4v) is 2.65. The van der Waals surface area contributed by atoms with Gasteiger partial charge in [-0.2, -0.15) is 13.2 Å². The van der Waals surface area contributed by atoms with E-state index in [9.17, 15) is 22.2 Å². The van der Waals surface area contributed by atoms with Gasteiger partial charge in [-0.1, -0.05) is 0 Å². The summed E-state index contributed by atoms with van der Waals surface area (Å²) < 4.78 is 54.6. The predicted molar refractivity (Wildman–Crippen MR) is 64.1 cm³/mol. The number of carbonyl (C=O) groups is 1. The van der Waals surface area contributed by atoms with E-state index in [1.807, 2.05) is 0 Å². The van der Waals surface area contributed by atoms with Crippen molar-refractivity contribution < 1.29 is 32.0 Å². The number of fused-ring (bicyclic) bond motifs is 1. The summed E-state index contributed by atoms with van der Waals surface area (Å²) in [5.41, 5.74) is 0.325. The molecule has 1 aliphatic heterocycles. The number of rotatable bonds is 2. The van der Waals surface area contributed by atoms with E-state index in [0.29, 0.717) is 10.5 Å². The lowest BCUT2D eigenvalue weighted by Gasteiger charge is -2.32. The van der Waals surface area contributed by atoms with E-state index >= 15 is 0 Å². The number of halogens is 3. The first kappa shape index (κ1) is 14.8. The van der Waals surface area contributed by atoms with Gasteiger partial charge in [0.25, 0.3) is 0 Å². The summed E-state index contributed by atoms with van der Waals surface area (Å²) in [5, 5.41) is 8.94. The number of carboxylic acids is 1. The molecular weight excluding hydrogens is 297 g/mol. The zero-order valence-electron chi connectivity index (χ0n) is 10.3. The number of carboxylic acid groups (broad SMARTS) is 1. The maximum atomic E-state index is 12.8. The van der Waals surface area contributed by atoms with Gasteiger partial charge in [0.15, 0.2) is 0 Å². The third-order valence-corrected chi connectivity index (χ3v) is 3.98. The molecule has 20 heavy (non-hydrogen) atoms. The van der Waals surface area contributed by atoms with Crippen LogP contribution >= 0.6 is 0 Å². The van der Waals surface area contributed by atoms with E-state index in [0.717, 1.165) is 0 Å². The molecule has 1 aromatic rings. The molecule has 110 valence electrons. The number of hydrogen-bond donors (Lipinski definition) is 1. The molecule has 1 aromatic carbocycles. The number of aliphatic carboxylic acids is 1. The molecule has 0 saturated carbocycles. The lowest BCUT2D eigenvalue weighted by Crippen LogP contribution is -2.47. The third kappa shape index (κ3) is 2.79. The lowest BCUT2D eigenvalue weighted by atomic mass is 9.90. The van der Waals surface area contributed by atoms with Crippen LogP contribution in [0.2, 0.25) is 0 Å². The predicted octanol–water partition coefficient (Wildman–Crippen LogP) is 1.99. The van der Waals surface area contributed by atoms with E-state index in [2.05, 4.69) is 0 Å². The van der Waals surface area contributed by atoms with Crippen LogP contribution in [0, 0.1) is 5.92 Å². The molecule has 1 N–H and O–H groups in total. The highest BCUT2D eigenvalue weighted by Gasteiger charge is 2.52. The van der Waals surface area contributed by atoms with Crippen LogP contribution in [0.15, 0.2) is 23.1 Å². The summed E-state index contributed by atoms with van der Waals surface area (Å²) in [6.45, 7) is 0. The zero-order chi connectivity index (χ0) is 15.1. The van der Waals surface area contributed by atoms with Crippen molar-refractivity contribution >= 4 is 16.8 Å². The zero-order valence-corrected chi connectivity index (χ0v) is 11.1. The molecule has 8 heteroatoms. The van der Waals surface area contributed by atoms with Crippen molar-refractivity contribution in [2.45, 2.75) is 23.6 Å². The SMILES string of the molecule is CS(=O)c1ccc2c(c1)CC(C(=O)O)C(C(F)(F)F)O2. The normalized spacial score (nSPS) is 23.6. The summed E-state index contributed by atoms with van der Waals surface area (Å²) in [7, 11) is -1.30. The van der Waals surface area contributed by atoms with Crippen LogP contribution in [0.3, 0.4) is 0 Å². The van der Waals surface area contributed by atoms with Gasteiger partial charge < -0.3 is 9.84 Å². The molecule has 0 aromatic heterocycles. The Bertz CT molecular complexity index is 570. The summed E-state index contributed by atoms with van der Waals surface area (Å²) in [4.78, 5) is 11.4. The Labute approximate surface area is 115 Å². The first-order chi connectivity index (χ1) is 9.20. The molecule has 0 amide bonds. The maximum absolute atomic E-state index is 12.8. The van der Waals surface area contributed by atoms with Gasteiger partial charge in [-0.05, 0) is 30.2 Å². The molecule has 2 rings (SSSR count). The third-order valence-electron chi connectivity index (χ3n) is 3.06. The second-order valence-electron chi connectivity index (χ2n) is 4.45. The van der Waals surface area contributed by atoms with Gasteiger partial charge in [0.2, 0.25) is 6.10 Å². The second-order valence-corrected chi connectivity index (χ2v) is 5.83. The molecule has 0 radical (unpaired) electrons. The Morgan fingerprint density at radius 1 is 1.45 bits per heavy atom. The van der Waals surface area contributed by atoms with Crippen molar-refractivity contribution in [3.8, 4) is 5.75 Å². The first-order valence-corrected chi connectivity index (χ1v) is 7.18. The molecule has 0 aliphatic carbocycles. The standard InChI is InChI=1S/C12H11F3O4S/c1-20(18)7-2-3-9-6(4-7)5-8(11(16)17)10(19-9)12(13,14)15/h2-4,8,10H,5H2,1H3,(H,16,17). The van der Waals surface area contributed by atoms with Crippen LogP contribution in [0.5, 0.6) is 5.75 Å².